The summed E-state index contributed by atoms with van der Waals surface area (Å²) in [5.41, 5.74) is 1.17. The molecule has 0 aliphatic carbocycles. The van der Waals surface area contributed by atoms with Gasteiger partial charge < -0.3 is 9.64 Å². The average molecular weight is 271 g/mol. The van der Waals surface area contributed by atoms with E-state index in [-0.39, 0.29) is 18.2 Å². The van der Waals surface area contributed by atoms with E-state index in [2.05, 4.69) is 6.58 Å². The third kappa shape index (κ3) is 3.35. The van der Waals surface area contributed by atoms with Crippen LogP contribution in [0.2, 0.25) is 0 Å². The van der Waals surface area contributed by atoms with Gasteiger partial charge in [-0.25, -0.2) is 4.79 Å². The van der Waals surface area contributed by atoms with Crippen molar-refractivity contribution in [1.29, 1.82) is 0 Å². The fraction of sp³-hybridized carbons (Fsp3) is 0.250. The van der Waals surface area contributed by atoms with Gasteiger partial charge >= 0.3 is 5.97 Å². The highest BCUT2D eigenvalue weighted by molar-refractivity contribution is 5.94. The molecule has 1 amide bonds. The smallest absolute Gasteiger partial charge is 0.355 e. The van der Waals surface area contributed by atoms with Gasteiger partial charge in [0.05, 0.1) is 0 Å². The Hall–Kier alpha value is -2.36. The molecule has 1 aromatic carbocycles. The molecule has 0 N–H and O–H groups in total. The molecule has 2 rings (SSSR count). The number of amides is 1. The Bertz CT molecular complexity index is 534. The normalized spacial score (nSPS) is 15.3. The maximum absolute atomic E-state index is 12.1. The third-order valence-corrected chi connectivity index (χ3v) is 3.06. The molecule has 1 aromatic rings. The Balaban J connectivity index is 2.03. The molecule has 0 radical (unpaired) electrons. The van der Waals surface area contributed by atoms with Crippen molar-refractivity contribution in [2.24, 2.45) is 0 Å². The molecule has 1 fully saturated rings. The number of ether oxygens (including phenoxy) is 1. The van der Waals surface area contributed by atoms with Crippen LogP contribution < -0.4 is 0 Å². The predicted molar refractivity (Wildman–Crippen MR) is 75.5 cm³/mol. The second-order valence-corrected chi connectivity index (χ2v) is 4.50. The van der Waals surface area contributed by atoms with Crippen LogP contribution in [0.3, 0.4) is 0 Å². The Morgan fingerprint density at radius 3 is 2.70 bits per heavy atom. The van der Waals surface area contributed by atoms with Crippen LogP contribution >= 0.6 is 0 Å². The maximum atomic E-state index is 12.1. The van der Waals surface area contributed by atoms with Crippen LogP contribution in [0.25, 0.3) is 0 Å². The molecule has 0 spiro atoms. The SMILES string of the molecule is C=CC=C(C(=O)OCc1ccccc1)N1CCCC1=O. The lowest BCUT2D eigenvalue weighted by molar-refractivity contribution is -0.144. The van der Waals surface area contributed by atoms with Gasteiger partial charge in [-0.3, -0.25) is 4.79 Å². The zero-order valence-electron chi connectivity index (χ0n) is 11.2. The molecule has 0 bridgehead atoms. The molecular weight excluding hydrogens is 254 g/mol. The van der Waals surface area contributed by atoms with Gasteiger partial charge in [0.1, 0.15) is 12.3 Å². The van der Waals surface area contributed by atoms with Crippen molar-refractivity contribution in [3.8, 4) is 0 Å². The minimum Gasteiger partial charge on any atom is -0.456 e. The van der Waals surface area contributed by atoms with Gasteiger partial charge in [-0.15, -0.1) is 0 Å². The molecule has 1 aliphatic heterocycles. The summed E-state index contributed by atoms with van der Waals surface area (Å²) < 4.78 is 5.25. The van der Waals surface area contributed by atoms with Crippen LogP contribution in [-0.4, -0.2) is 23.3 Å². The van der Waals surface area contributed by atoms with Gasteiger partial charge in [-0.05, 0) is 18.1 Å². The van der Waals surface area contributed by atoms with Crippen LogP contribution in [0.15, 0.2) is 54.8 Å². The van der Waals surface area contributed by atoms with E-state index in [1.165, 1.54) is 17.1 Å². The summed E-state index contributed by atoms with van der Waals surface area (Å²) in [4.78, 5) is 25.3. The number of likely N-dealkylation sites (tertiary alicyclic amines) is 1. The van der Waals surface area contributed by atoms with Crippen molar-refractivity contribution in [2.75, 3.05) is 6.54 Å². The number of carbonyl (C=O) groups is 2. The second kappa shape index (κ2) is 6.70. The van der Waals surface area contributed by atoms with Gasteiger partial charge in [0.2, 0.25) is 5.91 Å². The van der Waals surface area contributed by atoms with E-state index in [0.29, 0.717) is 13.0 Å². The van der Waals surface area contributed by atoms with Gasteiger partial charge in [0.25, 0.3) is 0 Å². The molecule has 1 heterocycles. The molecule has 0 unspecified atom stereocenters. The molecule has 0 aromatic heterocycles. The Morgan fingerprint density at radius 2 is 2.10 bits per heavy atom. The van der Waals surface area contributed by atoms with E-state index < -0.39 is 5.97 Å². The summed E-state index contributed by atoms with van der Waals surface area (Å²) in [6.45, 7) is 4.32. The van der Waals surface area contributed by atoms with Crippen LogP contribution in [0, 0.1) is 0 Å². The standard InChI is InChI=1S/C16H17NO3/c1-2-7-14(17-11-6-10-15(17)18)16(19)20-12-13-8-4-3-5-9-13/h2-5,7-9H,1,6,10-12H2. The Labute approximate surface area is 118 Å². The van der Waals surface area contributed by atoms with Gasteiger partial charge in [0.15, 0.2) is 0 Å². The van der Waals surface area contributed by atoms with E-state index in [1.54, 1.807) is 0 Å². The van der Waals surface area contributed by atoms with E-state index in [4.69, 9.17) is 4.74 Å². The first-order valence-corrected chi connectivity index (χ1v) is 6.56. The lowest BCUT2D eigenvalue weighted by Crippen LogP contribution is -2.29. The number of benzene rings is 1. The average Bonchev–Trinajstić information content (AvgIpc) is 2.89. The summed E-state index contributed by atoms with van der Waals surface area (Å²) in [6, 6.07) is 9.43. The highest BCUT2D eigenvalue weighted by Crippen LogP contribution is 2.18. The molecule has 1 saturated heterocycles. The van der Waals surface area contributed by atoms with Gasteiger partial charge in [-0.1, -0.05) is 43.0 Å². The van der Waals surface area contributed by atoms with Crippen molar-refractivity contribution >= 4 is 11.9 Å². The summed E-state index contributed by atoms with van der Waals surface area (Å²) >= 11 is 0. The molecule has 4 nitrogen and oxygen atoms in total. The maximum Gasteiger partial charge on any atom is 0.355 e. The summed E-state index contributed by atoms with van der Waals surface area (Å²) in [7, 11) is 0. The number of carbonyl (C=O) groups excluding carboxylic acids is 2. The van der Waals surface area contributed by atoms with Crippen molar-refractivity contribution < 1.29 is 14.3 Å². The van der Waals surface area contributed by atoms with Crippen LogP contribution in [0.1, 0.15) is 18.4 Å². The largest absolute Gasteiger partial charge is 0.456 e. The molecule has 4 heteroatoms. The summed E-state index contributed by atoms with van der Waals surface area (Å²) in [5, 5.41) is 0. The summed E-state index contributed by atoms with van der Waals surface area (Å²) in [5.74, 6) is -0.543. The quantitative estimate of drug-likeness (QED) is 0.469. The predicted octanol–water partition coefficient (Wildman–Crippen LogP) is 2.42. The third-order valence-electron chi connectivity index (χ3n) is 3.06. The second-order valence-electron chi connectivity index (χ2n) is 4.50. The van der Waals surface area contributed by atoms with Crippen molar-refractivity contribution in [1.82, 2.24) is 4.90 Å². The van der Waals surface area contributed by atoms with E-state index >= 15 is 0 Å². The first kappa shape index (κ1) is 14.1. The minimum atomic E-state index is -0.496. The zero-order valence-corrected chi connectivity index (χ0v) is 11.2. The van der Waals surface area contributed by atoms with Crippen molar-refractivity contribution in [3.05, 3.63) is 60.3 Å². The number of allylic oxidation sites excluding steroid dienone is 2. The van der Waals surface area contributed by atoms with Crippen molar-refractivity contribution in [3.63, 3.8) is 0 Å². The molecule has 20 heavy (non-hydrogen) atoms. The Kier molecular flexibility index (Phi) is 4.71. The fourth-order valence-corrected chi connectivity index (χ4v) is 2.08. The Morgan fingerprint density at radius 1 is 1.35 bits per heavy atom. The van der Waals surface area contributed by atoms with Crippen molar-refractivity contribution in [2.45, 2.75) is 19.4 Å². The first-order chi connectivity index (χ1) is 9.72. The topological polar surface area (TPSA) is 46.6 Å². The van der Waals surface area contributed by atoms with Crippen LogP contribution in [-0.2, 0) is 20.9 Å². The number of esters is 1. The van der Waals surface area contributed by atoms with Gasteiger partial charge in [0, 0.05) is 13.0 Å². The number of hydrogen-bond donors (Lipinski definition) is 0. The van der Waals surface area contributed by atoms with E-state index in [1.807, 2.05) is 30.3 Å². The van der Waals surface area contributed by atoms with E-state index in [9.17, 15) is 9.59 Å². The number of rotatable bonds is 5. The van der Waals surface area contributed by atoms with Gasteiger partial charge in [-0.2, -0.15) is 0 Å². The molecule has 0 saturated carbocycles. The number of nitrogens with zero attached hydrogens (tertiary/aromatic N) is 1. The van der Waals surface area contributed by atoms with Crippen LogP contribution in [0.5, 0.6) is 0 Å². The molecule has 0 atom stereocenters. The zero-order chi connectivity index (χ0) is 14.4. The minimum absolute atomic E-state index is 0.0465. The monoisotopic (exact) mass is 271 g/mol. The lowest BCUT2D eigenvalue weighted by atomic mass is 10.2. The fourth-order valence-electron chi connectivity index (χ4n) is 2.08. The molecule has 104 valence electrons. The molecule has 1 aliphatic rings. The summed E-state index contributed by atoms with van der Waals surface area (Å²) in [6.07, 6.45) is 4.25. The first-order valence-electron chi connectivity index (χ1n) is 6.56. The number of hydrogen-bond acceptors (Lipinski definition) is 3. The highest BCUT2D eigenvalue weighted by Gasteiger charge is 2.28. The van der Waals surface area contributed by atoms with Crippen LogP contribution in [0.4, 0.5) is 0 Å². The lowest BCUT2D eigenvalue weighted by Gasteiger charge is -2.18. The molecular formula is C16H17NO3. The highest BCUT2D eigenvalue weighted by atomic mass is 16.5. The van der Waals surface area contributed by atoms with E-state index in [0.717, 1.165) is 12.0 Å².